The SMILES string of the molecule is CCCC(C)c1nnc(NC(=O)CS(=O)(=O)Cc2ccc(Cl)cc2)s1. The first kappa shape index (κ1) is 19.8. The Morgan fingerprint density at radius 2 is 1.96 bits per heavy atom. The van der Waals surface area contributed by atoms with E-state index < -0.39 is 21.5 Å². The van der Waals surface area contributed by atoms with E-state index in [1.54, 1.807) is 24.3 Å². The van der Waals surface area contributed by atoms with E-state index in [9.17, 15) is 13.2 Å². The van der Waals surface area contributed by atoms with Crippen molar-refractivity contribution in [3.63, 3.8) is 0 Å². The number of carbonyl (C=O) groups is 1. The molecule has 1 aromatic carbocycles. The molecule has 0 aliphatic heterocycles. The number of aromatic nitrogens is 2. The van der Waals surface area contributed by atoms with Gasteiger partial charge >= 0.3 is 0 Å². The quantitative estimate of drug-likeness (QED) is 0.729. The lowest BCUT2D eigenvalue weighted by Gasteiger charge is -2.05. The van der Waals surface area contributed by atoms with Gasteiger partial charge in [-0.3, -0.25) is 10.1 Å². The highest BCUT2D eigenvalue weighted by atomic mass is 35.5. The maximum Gasteiger partial charge on any atom is 0.241 e. The molecule has 1 unspecified atom stereocenters. The minimum atomic E-state index is -3.58. The molecule has 6 nitrogen and oxygen atoms in total. The van der Waals surface area contributed by atoms with Crippen LogP contribution in [0.1, 0.15) is 43.2 Å². The van der Waals surface area contributed by atoms with Crippen molar-refractivity contribution < 1.29 is 13.2 Å². The Morgan fingerprint density at radius 3 is 2.60 bits per heavy atom. The number of halogens is 1. The number of hydrogen-bond acceptors (Lipinski definition) is 6. The van der Waals surface area contributed by atoms with Crippen molar-refractivity contribution >= 4 is 43.8 Å². The summed E-state index contributed by atoms with van der Waals surface area (Å²) in [5.41, 5.74) is 0.587. The molecule has 9 heteroatoms. The molecule has 1 atom stereocenters. The van der Waals surface area contributed by atoms with Crippen LogP contribution in [-0.4, -0.2) is 30.3 Å². The molecule has 0 fully saturated rings. The number of nitrogens with one attached hydrogen (secondary N) is 1. The minimum Gasteiger partial charge on any atom is -0.300 e. The van der Waals surface area contributed by atoms with Crippen molar-refractivity contribution in [2.45, 2.75) is 38.4 Å². The van der Waals surface area contributed by atoms with Gasteiger partial charge in [0, 0.05) is 10.9 Å². The highest BCUT2D eigenvalue weighted by molar-refractivity contribution is 7.91. The first-order chi connectivity index (χ1) is 11.8. The Balaban J connectivity index is 1.93. The van der Waals surface area contributed by atoms with Crippen molar-refractivity contribution in [1.82, 2.24) is 10.2 Å². The highest BCUT2D eigenvalue weighted by Gasteiger charge is 2.19. The Kier molecular flexibility index (Phi) is 6.92. The summed E-state index contributed by atoms with van der Waals surface area (Å²) in [7, 11) is -3.58. The van der Waals surface area contributed by atoms with Crippen LogP contribution in [0, 0.1) is 0 Å². The molecule has 0 radical (unpaired) electrons. The normalized spacial score (nSPS) is 12.8. The second kappa shape index (κ2) is 8.73. The van der Waals surface area contributed by atoms with Crippen LogP contribution in [0.25, 0.3) is 0 Å². The second-order valence-electron chi connectivity index (χ2n) is 5.84. The van der Waals surface area contributed by atoms with E-state index in [2.05, 4.69) is 22.4 Å². The third kappa shape index (κ3) is 6.37. The number of nitrogens with zero attached hydrogens (tertiary/aromatic N) is 2. The molecule has 0 aliphatic rings. The lowest BCUT2D eigenvalue weighted by molar-refractivity contribution is -0.113. The summed E-state index contributed by atoms with van der Waals surface area (Å²) in [5, 5.41) is 12.2. The number of anilines is 1. The van der Waals surface area contributed by atoms with Crippen molar-refractivity contribution in [2.75, 3.05) is 11.1 Å². The summed E-state index contributed by atoms with van der Waals surface area (Å²) in [4.78, 5) is 12.0. The van der Waals surface area contributed by atoms with E-state index in [1.807, 2.05) is 6.92 Å². The van der Waals surface area contributed by atoms with E-state index in [4.69, 9.17) is 11.6 Å². The molecular formula is C16H20ClN3O3S2. The van der Waals surface area contributed by atoms with Crippen molar-refractivity contribution in [3.05, 3.63) is 39.9 Å². The molecule has 1 aromatic heterocycles. The van der Waals surface area contributed by atoms with Gasteiger partial charge in [0.05, 0.1) is 5.75 Å². The van der Waals surface area contributed by atoms with Crippen LogP contribution in [0.5, 0.6) is 0 Å². The van der Waals surface area contributed by atoms with Gasteiger partial charge in [-0.25, -0.2) is 8.42 Å². The van der Waals surface area contributed by atoms with Crippen LogP contribution < -0.4 is 5.32 Å². The summed E-state index contributed by atoms with van der Waals surface area (Å²) < 4.78 is 24.3. The average Bonchev–Trinajstić information content (AvgIpc) is 2.97. The van der Waals surface area contributed by atoms with E-state index >= 15 is 0 Å². The number of rotatable bonds is 8. The van der Waals surface area contributed by atoms with Crippen molar-refractivity contribution in [1.29, 1.82) is 0 Å². The van der Waals surface area contributed by atoms with E-state index in [1.165, 1.54) is 11.3 Å². The largest absolute Gasteiger partial charge is 0.300 e. The van der Waals surface area contributed by atoms with Gasteiger partial charge in [0.25, 0.3) is 0 Å². The van der Waals surface area contributed by atoms with Crippen LogP contribution in [-0.2, 0) is 20.4 Å². The van der Waals surface area contributed by atoms with Crippen LogP contribution >= 0.6 is 22.9 Å². The second-order valence-corrected chi connectivity index (χ2v) is 9.35. The standard InChI is InChI=1S/C16H20ClN3O3S2/c1-3-4-11(2)15-19-20-16(24-15)18-14(21)10-25(22,23)9-12-5-7-13(17)8-6-12/h5-8,11H,3-4,9-10H2,1-2H3,(H,18,20,21). The lowest BCUT2D eigenvalue weighted by atomic mass is 10.1. The Bertz CT molecular complexity index is 819. The van der Waals surface area contributed by atoms with Crippen molar-refractivity contribution in [2.24, 2.45) is 0 Å². The molecular weight excluding hydrogens is 382 g/mol. The van der Waals surface area contributed by atoms with Gasteiger partial charge in [0.15, 0.2) is 9.84 Å². The van der Waals surface area contributed by atoms with Crippen molar-refractivity contribution in [3.8, 4) is 0 Å². The topological polar surface area (TPSA) is 89.0 Å². The van der Waals surface area contributed by atoms with Crippen LogP contribution in [0.3, 0.4) is 0 Å². The number of amides is 1. The molecule has 1 N–H and O–H groups in total. The van der Waals surface area contributed by atoms with Crippen LogP contribution in [0.2, 0.25) is 5.02 Å². The predicted octanol–water partition coefficient (Wildman–Crippen LogP) is 3.65. The number of carbonyl (C=O) groups excluding carboxylic acids is 1. The van der Waals surface area contributed by atoms with Crippen LogP contribution in [0.4, 0.5) is 5.13 Å². The molecule has 0 bridgehead atoms. The summed E-state index contributed by atoms with van der Waals surface area (Å²) in [6, 6.07) is 6.49. The third-order valence-electron chi connectivity index (χ3n) is 3.48. The van der Waals surface area contributed by atoms with Gasteiger partial charge < -0.3 is 0 Å². The summed E-state index contributed by atoms with van der Waals surface area (Å²) in [6.45, 7) is 4.14. The molecule has 25 heavy (non-hydrogen) atoms. The molecule has 2 aromatic rings. The fourth-order valence-electron chi connectivity index (χ4n) is 2.28. The van der Waals surface area contributed by atoms with Gasteiger partial charge in [-0.05, 0) is 24.1 Å². The average molecular weight is 402 g/mol. The first-order valence-corrected chi connectivity index (χ1v) is 10.9. The maximum atomic E-state index is 12.2. The Morgan fingerprint density at radius 1 is 1.28 bits per heavy atom. The van der Waals surface area contributed by atoms with Gasteiger partial charge in [-0.15, -0.1) is 10.2 Å². The Labute approximate surface area is 156 Å². The van der Waals surface area contributed by atoms with Gasteiger partial charge in [0.1, 0.15) is 10.8 Å². The van der Waals surface area contributed by atoms with Crippen LogP contribution in [0.15, 0.2) is 24.3 Å². The summed E-state index contributed by atoms with van der Waals surface area (Å²) in [5.74, 6) is -1.16. The zero-order valence-corrected chi connectivity index (χ0v) is 16.4. The molecule has 0 saturated carbocycles. The summed E-state index contributed by atoms with van der Waals surface area (Å²) >= 11 is 7.05. The smallest absolute Gasteiger partial charge is 0.241 e. The molecule has 2 rings (SSSR count). The van der Waals surface area contributed by atoms with Gasteiger partial charge in [0.2, 0.25) is 11.0 Å². The van der Waals surface area contributed by atoms with E-state index in [0.29, 0.717) is 15.7 Å². The molecule has 136 valence electrons. The first-order valence-electron chi connectivity index (χ1n) is 7.87. The third-order valence-corrected chi connectivity index (χ3v) is 6.28. The minimum absolute atomic E-state index is 0.216. The predicted molar refractivity (Wildman–Crippen MR) is 101 cm³/mol. The molecule has 0 saturated heterocycles. The molecule has 0 aliphatic carbocycles. The molecule has 1 amide bonds. The maximum absolute atomic E-state index is 12.2. The summed E-state index contributed by atoms with van der Waals surface area (Å²) in [6.07, 6.45) is 2.02. The number of sulfone groups is 1. The molecule has 0 spiro atoms. The van der Waals surface area contributed by atoms with E-state index in [0.717, 1.165) is 17.8 Å². The number of hydrogen-bond donors (Lipinski definition) is 1. The Hall–Kier alpha value is -1.51. The fourth-order valence-corrected chi connectivity index (χ4v) is 4.53. The zero-order chi connectivity index (χ0) is 18.4. The van der Waals surface area contributed by atoms with Gasteiger partial charge in [-0.1, -0.05) is 55.3 Å². The number of benzene rings is 1. The zero-order valence-electron chi connectivity index (χ0n) is 14.0. The lowest BCUT2D eigenvalue weighted by Crippen LogP contribution is -2.23. The fraction of sp³-hybridized carbons (Fsp3) is 0.438. The van der Waals surface area contributed by atoms with E-state index in [-0.39, 0.29) is 11.7 Å². The molecule has 1 heterocycles. The van der Waals surface area contributed by atoms with Gasteiger partial charge in [-0.2, -0.15) is 0 Å². The monoisotopic (exact) mass is 401 g/mol. The highest BCUT2D eigenvalue weighted by Crippen LogP contribution is 2.26.